The van der Waals surface area contributed by atoms with Gasteiger partial charge in [-0.25, -0.2) is 4.79 Å². The molecular weight excluding hydrogens is 372 g/mol. The summed E-state index contributed by atoms with van der Waals surface area (Å²) in [5.41, 5.74) is 0. The third-order valence-electron chi connectivity index (χ3n) is 4.57. The van der Waals surface area contributed by atoms with Crippen molar-refractivity contribution in [2.45, 2.75) is 10.9 Å². The van der Waals surface area contributed by atoms with Crippen molar-refractivity contribution < 1.29 is 24.3 Å². The van der Waals surface area contributed by atoms with Gasteiger partial charge in [0, 0.05) is 25.0 Å². The Balaban J connectivity index is 1.42. The molecule has 1 aromatic rings. The molecule has 0 saturated carbocycles. The molecule has 0 radical (unpaired) electrons. The Bertz CT molecular complexity index is 780. The van der Waals surface area contributed by atoms with Gasteiger partial charge in [0.2, 0.25) is 17.7 Å². The average Bonchev–Trinajstić information content (AvgIpc) is 2.89. The van der Waals surface area contributed by atoms with Gasteiger partial charge in [0.15, 0.2) is 0 Å². The van der Waals surface area contributed by atoms with Crippen LogP contribution in [0.2, 0.25) is 0 Å². The third kappa shape index (κ3) is 4.33. The number of rotatable bonds is 6. The lowest BCUT2D eigenvalue weighted by Gasteiger charge is -2.44. The van der Waals surface area contributed by atoms with E-state index in [1.165, 1.54) is 11.8 Å². The Morgan fingerprint density at radius 1 is 1.30 bits per heavy atom. The standard InChI is InChI=1S/C17H20N4O5S/c1-19(16(25)10-27-13-5-3-2-4-12(13)22)11-6-20(7-11)15(24)9-21-8-14(23)18-17(21)26/h2-5,11,22H,6-10H2,1H3,(H,18,23,26). The fourth-order valence-corrected chi connectivity index (χ4v) is 3.68. The maximum atomic E-state index is 12.3. The molecule has 27 heavy (non-hydrogen) atoms. The molecule has 0 spiro atoms. The smallest absolute Gasteiger partial charge is 0.325 e. The zero-order chi connectivity index (χ0) is 19.6. The predicted molar refractivity (Wildman–Crippen MR) is 97.1 cm³/mol. The van der Waals surface area contributed by atoms with Gasteiger partial charge in [-0.3, -0.25) is 19.7 Å². The summed E-state index contributed by atoms with van der Waals surface area (Å²) < 4.78 is 0. The summed E-state index contributed by atoms with van der Waals surface area (Å²) in [7, 11) is 1.69. The molecule has 3 rings (SSSR count). The van der Waals surface area contributed by atoms with Crippen LogP contribution in [-0.4, -0.2) is 88.6 Å². The van der Waals surface area contributed by atoms with E-state index in [0.717, 1.165) is 4.90 Å². The maximum absolute atomic E-state index is 12.3. The topological polar surface area (TPSA) is 110 Å². The molecule has 144 valence electrons. The second kappa shape index (κ2) is 7.87. The van der Waals surface area contributed by atoms with E-state index in [-0.39, 0.29) is 42.4 Å². The number of nitrogens with one attached hydrogen (secondary N) is 1. The van der Waals surface area contributed by atoms with Gasteiger partial charge in [0.1, 0.15) is 18.8 Å². The van der Waals surface area contributed by atoms with Crippen LogP contribution in [0.3, 0.4) is 0 Å². The molecule has 2 fully saturated rings. The lowest BCUT2D eigenvalue weighted by molar-refractivity contribution is -0.144. The van der Waals surface area contributed by atoms with Gasteiger partial charge in [0.05, 0.1) is 11.8 Å². The van der Waals surface area contributed by atoms with Crippen LogP contribution in [-0.2, 0) is 14.4 Å². The maximum Gasteiger partial charge on any atom is 0.325 e. The first-order valence-electron chi connectivity index (χ1n) is 8.38. The highest BCUT2D eigenvalue weighted by Crippen LogP contribution is 2.28. The average molecular weight is 392 g/mol. The highest BCUT2D eigenvalue weighted by atomic mass is 32.2. The first kappa shape index (κ1) is 19.0. The van der Waals surface area contributed by atoms with Gasteiger partial charge in [-0.1, -0.05) is 12.1 Å². The van der Waals surface area contributed by atoms with Crippen molar-refractivity contribution in [2.24, 2.45) is 0 Å². The lowest BCUT2D eigenvalue weighted by Crippen LogP contribution is -2.62. The minimum absolute atomic E-state index is 0.0829. The number of likely N-dealkylation sites (tertiary alicyclic amines) is 1. The molecule has 0 atom stereocenters. The number of likely N-dealkylation sites (N-methyl/N-ethyl adjacent to an activating group) is 1. The molecule has 1 aromatic carbocycles. The molecule has 2 N–H and O–H groups in total. The SMILES string of the molecule is CN(C(=O)CSc1ccccc1O)C1CN(C(=O)CN2CC(=O)NC2=O)C1. The van der Waals surface area contributed by atoms with Crippen molar-refractivity contribution in [3.63, 3.8) is 0 Å². The quantitative estimate of drug-likeness (QED) is 0.508. The van der Waals surface area contributed by atoms with Crippen LogP contribution < -0.4 is 5.32 Å². The number of amides is 5. The number of para-hydroxylation sites is 1. The van der Waals surface area contributed by atoms with Gasteiger partial charge in [-0.15, -0.1) is 11.8 Å². The van der Waals surface area contributed by atoms with Crippen LogP contribution in [0.15, 0.2) is 29.2 Å². The van der Waals surface area contributed by atoms with Crippen LogP contribution in [0.5, 0.6) is 5.75 Å². The first-order chi connectivity index (χ1) is 12.8. The molecule has 2 saturated heterocycles. The molecule has 0 unspecified atom stereocenters. The van der Waals surface area contributed by atoms with E-state index >= 15 is 0 Å². The van der Waals surface area contributed by atoms with Gasteiger partial charge in [0.25, 0.3) is 0 Å². The fraction of sp³-hybridized carbons (Fsp3) is 0.412. The van der Waals surface area contributed by atoms with E-state index < -0.39 is 11.9 Å². The summed E-state index contributed by atoms with van der Waals surface area (Å²) in [6.07, 6.45) is 0. The number of hydrogen-bond donors (Lipinski definition) is 2. The van der Waals surface area contributed by atoms with E-state index in [1.54, 1.807) is 41.1 Å². The molecule has 0 aromatic heterocycles. The minimum atomic E-state index is -0.557. The van der Waals surface area contributed by atoms with Crippen molar-refractivity contribution in [1.29, 1.82) is 0 Å². The van der Waals surface area contributed by atoms with Crippen LogP contribution in [0.25, 0.3) is 0 Å². The van der Waals surface area contributed by atoms with Crippen LogP contribution in [0, 0.1) is 0 Å². The number of phenols is 1. The van der Waals surface area contributed by atoms with E-state index in [0.29, 0.717) is 18.0 Å². The summed E-state index contributed by atoms with van der Waals surface area (Å²) >= 11 is 1.26. The minimum Gasteiger partial charge on any atom is -0.507 e. The number of urea groups is 1. The summed E-state index contributed by atoms with van der Waals surface area (Å²) in [5, 5.41) is 11.9. The lowest BCUT2D eigenvalue weighted by atomic mass is 10.1. The molecule has 10 heteroatoms. The van der Waals surface area contributed by atoms with Crippen LogP contribution in [0.4, 0.5) is 4.79 Å². The number of imide groups is 1. The number of thioether (sulfide) groups is 1. The van der Waals surface area contributed by atoms with Crippen molar-refractivity contribution in [1.82, 2.24) is 20.0 Å². The number of benzene rings is 1. The number of aromatic hydroxyl groups is 1. The largest absolute Gasteiger partial charge is 0.507 e. The zero-order valence-corrected chi connectivity index (χ0v) is 15.6. The van der Waals surface area contributed by atoms with Gasteiger partial charge >= 0.3 is 6.03 Å². The Hall–Kier alpha value is -2.75. The Kier molecular flexibility index (Phi) is 5.54. The van der Waals surface area contributed by atoms with Gasteiger partial charge < -0.3 is 19.8 Å². The summed E-state index contributed by atoms with van der Waals surface area (Å²) in [6.45, 7) is 0.534. The number of carbonyl (C=O) groups is 4. The molecule has 5 amide bonds. The monoisotopic (exact) mass is 392 g/mol. The molecular formula is C17H20N4O5S. The van der Waals surface area contributed by atoms with Crippen molar-refractivity contribution in [3.8, 4) is 5.75 Å². The van der Waals surface area contributed by atoms with E-state index in [1.807, 2.05) is 0 Å². The molecule has 9 nitrogen and oxygen atoms in total. The number of hydrogen-bond acceptors (Lipinski definition) is 6. The molecule has 2 aliphatic rings. The predicted octanol–water partition coefficient (Wildman–Crippen LogP) is -0.295. The van der Waals surface area contributed by atoms with Crippen LogP contribution in [0.1, 0.15) is 0 Å². The molecule has 0 bridgehead atoms. The van der Waals surface area contributed by atoms with Crippen LogP contribution >= 0.6 is 11.8 Å². The fourth-order valence-electron chi connectivity index (χ4n) is 2.80. The Labute approximate surface area is 160 Å². The van der Waals surface area contributed by atoms with Crippen molar-refractivity contribution >= 4 is 35.5 Å². The Morgan fingerprint density at radius 2 is 2.00 bits per heavy atom. The molecule has 0 aliphatic carbocycles. The second-order valence-corrected chi connectivity index (χ2v) is 7.44. The van der Waals surface area contributed by atoms with E-state index in [4.69, 9.17) is 0 Å². The normalized spacial score (nSPS) is 16.9. The Morgan fingerprint density at radius 3 is 2.63 bits per heavy atom. The second-order valence-electron chi connectivity index (χ2n) is 6.42. The number of phenolic OH excluding ortho intramolecular Hbond substituents is 1. The molecule has 2 heterocycles. The van der Waals surface area contributed by atoms with Gasteiger partial charge in [-0.05, 0) is 12.1 Å². The first-order valence-corrected chi connectivity index (χ1v) is 9.36. The van der Waals surface area contributed by atoms with Crippen molar-refractivity contribution in [2.75, 3.05) is 39.0 Å². The van der Waals surface area contributed by atoms with Gasteiger partial charge in [-0.2, -0.15) is 0 Å². The highest BCUT2D eigenvalue weighted by molar-refractivity contribution is 8.00. The summed E-state index contributed by atoms with van der Waals surface area (Å²) in [6, 6.07) is 6.19. The summed E-state index contributed by atoms with van der Waals surface area (Å²) in [4.78, 5) is 52.1. The number of nitrogens with zero attached hydrogens (tertiary/aromatic N) is 3. The summed E-state index contributed by atoms with van der Waals surface area (Å²) in [5.74, 6) is -0.427. The van der Waals surface area contributed by atoms with E-state index in [2.05, 4.69) is 5.32 Å². The molecule has 2 aliphatic heterocycles. The highest BCUT2D eigenvalue weighted by Gasteiger charge is 2.37. The zero-order valence-electron chi connectivity index (χ0n) is 14.8. The van der Waals surface area contributed by atoms with E-state index in [9.17, 15) is 24.3 Å². The third-order valence-corrected chi connectivity index (χ3v) is 5.61. The number of carbonyl (C=O) groups excluding carboxylic acids is 4. The van der Waals surface area contributed by atoms with Crippen molar-refractivity contribution in [3.05, 3.63) is 24.3 Å².